The molecular weight excluding hydrogens is 422 g/mol. The Labute approximate surface area is 161 Å². The second kappa shape index (κ2) is 8.85. The molecule has 0 N–H and O–H groups in total. The minimum atomic E-state index is -3.48. The van der Waals surface area contributed by atoms with Crippen molar-refractivity contribution in [3.05, 3.63) is 53.0 Å². The van der Waals surface area contributed by atoms with E-state index in [1.165, 1.54) is 4.31 Å². The van der Waals surface area contributed by atoms with Crippen molar-refractivity contribution < 1.29 is 22.6 Å². The number of halogens is 1. The van der Waals surface area contributed by atoms with Crippen LogP contribution in [0.2, 0.25) is 0 Å². The van der Waals surface area contributed by atoms with Gasteiger partial charge in [0.25, 0.3) is 0 Å². The highest BCUT2D eigenvalue weighted by Gasteiger charge is 2.26. The molecule has 3 rings (SSSR count). The van der Waals surface area contributed by atoms with Gasteiger partial charge in [0.1, 0.15) is 24.7 Å². The summed E-state index contributed by atoms with van der Waals surface area (Å²) in [6.45, 7) is 2.36. The molecular formula is C18H20BrNO5S. The fraction of sp³-hybridized carbons (Fsp3) is 0.333. The highest BCUT2D eigenvalue weighted by molar-refractivity contribution is 9.10. The summed E-state index contributed by atoms with van der Waals surface area (Å²) in [5.41, 5.74) is 0. The highest BCUT2D eigenvalue weighted by atomic mass is 79.9. The van der Waals surface area contributed by atoms with Crippen LogP contribution in [0.1, 0.15) is 0 Å². The molecule has 1 aliphatic rings. The average Bonchev–Trinajstić information content (AvgIpc) is 2.67. The minimum Gasteiger partial charge on any atom is -0.490 e. The van der Waals surface area contributed by atoms with Crippen LogP contribution < -0.4 is 9.47 Å². The second-order valence-corrected chi connectivity index (χ2v) is 8.41. The van der Waals surface area contributed by atoms with E-state index in [9.17, 15) is 8.42 Å². The number of morpholine rings is 1. The standard InChI is InChI=1S/C18H20BrNO5S/c19-17-3-1-2-4-18(17)25-14-13-24-15-5-7-16(8-6-15)26(21,22)20-9-11-23-12-10-20/h1-8H,9-14H2. The van der Waals surface area contributed by atoms with E-state index in [2.05, 4.69) is 15.9 Å². The van der Waals surface area contributed by atoms with Crippen LogP contribution in [0.3, 0.4) is 0 Å². The van der Waals surface area contributed by atoms with Gasteiger partial charge in [-0.1, -0.05) is 12.1 Å². The maximum atomic E-state index is 12.6. The number of hydrogen-bond donors (Lipinski definition) is 0. The van der Waals surface area contributed by atoms with Crippen LogP contribution in [-0.4, -0.2) is 52.2 Å². The van der Waals surface area contributed by atoms with Gasteiger partial charge in [-0.25, -0.2) is 8.42 Å². The molecule has 26 heavy (non-hydrogen) atoms. The van der Waals surface area contributed by atoms with E-state index in [4.69, 9.17) is 14.2 Å². The summed E-state index contributed by atoms with van der Waals surface area (Å²) in [7, 11) is -3.48. The third kappa shape index (κ3) is 4.76. The lowest BCUT2D eigenvalue weighted by atomic mass is 10.3. The van der Waals surface area contributed by atoms with Crippen LogP contribution in [0, 0.1) is 0 Å². The molecule has 0 radical (unpaired) electrons. The van der Waals surface area contributed by atoms with Crippen LogP contribution >= 0.6 is 15.9 Å². The van der Waals surface area contributed by atoms with Crippen molar-refractivity contribution in [3.63, 3.8) is 0 Å². The van der Waals surface area contributed by atoms with E-state index < -0.39 is 10.0 Å². The maximum absolute atomic E-state index is 12.6. The van der Waals surface area contributed by atoms with Gasteiger partial charge in [-0.2, -0.15) is 4.31 Å². The number of para-hydroxylation sites is 1. The first-order valence-electron chi connectivity index (χ1n) is 8.25. The fourth-order valence-electron chi connectivity index (χ4n) is 2.52. The van der Waals surface area contributed by atoms with E-state index >= 15 is 0 Å². The van der Waals surface area contributed by atoms with Crippen molar-refractivity contribution in [3.8, 4) is 11.5 Å². The molecule has 8 heteroatoms. The van der Waals surface area contributed by atoms with Gasteiger partial charge >= 0.3 is 0 Å². The first-order valence-corrected chi connectivity index (χ1v) is 10.5. The van der Waals surface area contributed by atoms with Crippen LogP contribution in [0.15, 0.2) is 57.9 Å². The first-order chi connectivity index (χ1) is 12.6. The van der Waals surface area contributed by atoms with Crippen LogP contribution in [0.25, 0.3) is 0 Å². The van der Waals surface area contributed by atoms with Gasteiger partial charge in [-0.15, -0.1) is 0 Å². The summed E-state index contributed by atoms with van der Waals surface area (Å²) in [6.07, 6.45) is 0. The molecule has 2 aromatic carbocycles. The Balaban J connectivity index is 1.52. The lowest BCUT2D eigenvalue weighted by molar-refractivity contribution is 0.0730. The van der Waals surface area contributed by atoms with Crippen molar-refractivity contribution in [2.45, 2.75) is 4.90 Å². The lowest BCUT2D eigenvalue weighted by Crippen LogP contribution is -2.40. The Kier molecular flexibility index (Phi) is 6.53. The van der Waals surface area contributed by atoms with E-state index in [0.29, 0.717) is 45.3 Å². The predicted molar refractivity (Wildman–Crippen MR) is 101 cm³/mol. The van der Waals surface area contributed by atoms with Gasteiger partial charge in [0.15, 0.2) is 0 Å². The molecule has 1 aliphatic heterocycles. The predicted octanol–water partition coefficient (Wildman–Crippen LogP) is 2.93. The molecule has 0 saturated carbocycles. The number of ether oxygens (including phenoxy) is 3. The molecule has 0 atom stereocenters. The zero-order valence-electron chi connectivity index (χ0n) is 14.1. The summed E-state index contributed by atoms with van der Waals surface area (Å²) in [5, 5.41) is 0. The molecule has 0 amide bonds. The number of rotatable bonds is 7. The molecule has 1 heterocycles. The van der Waals surface area contributed by atoms with Crippen LogP contribution in [0.5, 0.6) is 11.5 Å². The van der Waals surface area contributed by atoms with Crippen LogP contribution in [0.4, 0.5) is 0 Å². The Morgan fingerprint density at radius 3 is 2.31 bits per heavy atom. The molecule has 140 valence electrons. The first kappa shape index (κ1) is 19.2. The SMILES string of the molecule is O=S(=O)(c1ccc(OCCOc2ccccc2Br)cc1)N1CCOCC1. The Morgan fingerprint density at radius 1 is 0.962 bits per heavy atom. The summed E-state index contributed by atoms with van der Waals surface area (Å²) in [6, 6.07) is 14.0. The van der Waals surface area contributed by atoms with Crippen molar-refractivity contribution in [2.75, 3.05) is 39.5 Å². The van der Waals surface area contributed by atoms with Gasteiger partial charge in [0, 0.05) is 13.1 Å². The van der Waals surface area contributed by atoms with Crippen molar-refractivity contribution in [1.82, 2.24) is 4.31 Å². The Bertz CT molecular complexity index is 820. The van der Waals surface area contributed by atoms with E-state index in [1.54, 1.807) is 24.3 Å². The highest BCUT2D eigenvalue weighted by Crippen LogP contribution is 2.24. The van der Waals surface area contributed by atoms with Crippen molar-refractivity contribution in [2.24, 2.45) is 0 Å². The number of benzene rings is 2. The van der Waals surface area contributed by atoms with Crippen molar-refractivity contribution in [1.29, 1.82) is 0 Å². The normalized spacial score (nSPS) is 15.6. The minimum absolute atomic E-state index is 0.260. The van der Waals surface area contributed by atoms with E-state index in [1.807, 2.05) is 24.3 Å². The summed E-state index contributed by atoms with van der Waals surface area (Å²) < 4.78 is 43.9. The van der Waals surface area contributed by atoms with Gasteiger partial charge in [-0.05, 0) is 52.3 Å². The summed E-state index contributed by atoms with van der Waals surface area (Å²) in [4.78, 5) is 0.260. The molecule has 0 bridgehead atoms. The van der Waals surface area contributed by atoms with Crippen molar-refractivity contribution >= 4 is 26.0 Å². The molecule has 0 unspecified atom stereocenters. The third-order valence-corrected chi connectivity index (χ3v) is 6.45. The quantitative estimate of drug-likeness (QED) is 0.617. The number of nitrogens with zero attached hydrogens (tertiary/aromatic N) is 1. The molecule has 2 aromatic rings. The number of sulfonamides is 1. The number of hydrogen-bond acceptors (Lipinski definition) is 5. The molecule has 1 saturated heterocycles. The van der Waals surface area contributed by atoms with Gasteiger partial charge < -0.3 is 14.2 Å². The molecule has 1 fully saturated rings. The van der Waals surface area contributed by atoms with E-state index in [0.717, 1.165) is 10.2 Å². The Hall–Kier alpha value is -1.61. The smallest absolute Gasteiger partial charge is 0.243 e. The zero-order valence-corrected chi connectivity index (χ0v) is 16.5. The average molecular weight is 442 g/mol. The van der Waals surface area contributed by atoms with Gasteiger partial charge in [0.2, 0.25) is 10.0 Å². The summed E-state index contributed by atoms with van der Waals surface area (Å²) >= 11 is 3.42. The maximum Gasteiger partial charge on any atom is 0.243 e. The third-order valence-electron chi connectivity index (χ3n) is 3.88. The topological polar surface area (TPSA) is 65.1 Å². The van der Waals surface area contributed by atoms with Gasteiger partial charge in [-0.3, -0.25) is 0 Å². The van der Waals surface area contributed by atoms with E-state index in [-0.39, 0.29) is 4.90 Å². The summed E-state index contributed by atoms with van der Waals surface area (Å²) in [5.74, 6) is 1.35. The second-order valence-electron chi connectivity index (χ2n) is 5.62. The molecule has 0 spiro atoms. The molecule has 0 aliphatic carbocycles. The zero-order chi connectivity index (χ0) is 18.4. The van der Waals surface area contributed by atoms with Gasteiger partial charge in [0.05, 0.1) is 22.6 Å². The van der Waals surface area contributed by atoms with Crippen LogP contribution in [-0.2, 0) is 14.8 Å². The lowest BCUT2D eigenvalue weighted by Gasteiger charge is -2.26. The Morgan fingerprint density at radius 2 is 1.62 bits per heavy atom. The monoisotopic (exact) mass is 441 g/mol. The molecule has 6 nitrogen and oxygen atoms in total. The largest absolute Gasteiger partial charge is 0.490 e. The molecule has 0 aromatic heterocycles. The fourth-order valence-corrected chi connectivity index (χ4v) is 4.32.